The molecule has 0 bridgehead atoms. The number of hydrogen-bond donors (Lipinski definition) is 1. The number of rotatable bonds is 4. The van der Waals surface area contributed by atoms with Crippen molar-refractivity contribution in [1.29, 1.82) is 5.26 Å². The van der Waals surface area contributed by atoms with Gasteiger partial charge in [-0.05, 0) is 95.0 Å². The summed E-state index contributed by atoms with van der Waals surface area (Å²) in [5.41, 5.74) is -0.548. The summed E-state index contributed by atoms with van der Waals surface area (Å²) in [6.07, 6.45) is 10.1. The Morgan fingerprint density at radius 1 is 1.00 bits per heavy atom. The van der Waals surface area contributed by atoms with E-state index in [2.05, 4.69) is 61.4 Å². The molecule has 1 N–H and O–H groups in total. The smallest absolute Gasteiger partial charge is 0.188 e. The normalized spacial score (nSPS) is 43.7. The predicted octanol–water partition coefficient (Wildman–Crippen LogP) is 5.60. The van der Waals surface area contributed by atoms with Gasteiger partial charge in [0.25, 0.3) is 0 Å². The molecule has 1 aromatic heterocycles. The van der Waals surface area contributed by atoms with Gasteiger partial charge in [-0.25, -0.2) is 0 Å². The maximum atomic E-state index is 14.7. The van der Waals surface area contributed by atoms with Crippen LogP contribution in [-0.4, -0.2) is 38.3 Å². The maximum absolute atomic E-state index is 14.7. The van der Waals surface area contributed by atoms with Crippen LogP contribution < -0.4 is 5.32 Å². The first-order valence-corrected chi connectivity index (χ1v) is 16.2. The van der Waals surface area contributed by atoms with Gasteiger partial charge < -0.3 is 5.32 Å². The number of aromatic nitrogens is 4. The van der Waals surface area contributed by atoms with Crippen molar-refractivity contribution in [2.24, 2.45) is 63.2 Å². The van der Waals surface area contributed by atoms with Gasteiger partial charge >= 0.3 is 0 Å². The average Bonchev–Trinajstić information content (AvgIpc) is 3.33. The van der Waals surface area contributed by atoms with Gasteiger partial charge in [0.05, 0.1) is 19.2 Å². The second kappa shape index (κ2) is 9.30. The fourth-order valence-corrected chi connectivity index (χ4v) is 11.5. The van der Waals surface area contributed by atoms with Crippen LogP contribution in [0.3, 0.4) is 0 Å². The van der Waals surface area contributed by atoms with Gasteiger partial charge in [0.1, 0.15) is 11.9 Å². The minimum Gasteiger partial charge on any atom is -0.309 e. The van der Waals surface area contributed by atoms with E-state index in [-0.39, 0.29) is 50.6 Å². The van der Waals surface area contributed by atoms with Crippen molar-refractivity contribution in [3.63, 3.8) is 0 Å². The zero-order chi connectivity index (χ0) is 30.5. The molecule has 8 nitrogen and oxygen atoms in total. The molecule has 2 unspecified atom stereocenters. The summed E-state index contributed by atoms with van der Waals surface area (Å²) in [5, 5.41) is 26.2. The third-order valence-electron chi connectivity index (χ3n) is 14.0. The SMILES string of the molecule is Cn1nnc(CNC[C@]23CCC(C)(C)CC2C2C(=O)C[C@@H]4[C@@]5(C)C=C(C#N)C(=O)C(C)(C)[C@@H]5CC[C@@]4(C)[C@]2(C)CC3)n1. The van der Waals surface area contributed by atoms with Crippen molar-refractivity contribution in [2.75, 3.05) is 6.54 Å². The predicted molar refractivity (Wildman–Crippen MR) is 159 cm³/mol. The summed E-state index contributed by atoms with van der Waals surface area (Å²) < 4.78 is 0. The molecule has 5 aliphatic carbocycles. The van der Waals surface area contributed by atoms with Crippen LogP contribution in [-0.2, 0) is 23.2 Å². The highest BCUT2D eigenvalue weighted by Crippen LogP contribution is 2.75. The number of nitrogens with zero attached hydrogens (tertiary/aromatic N) is 5. The van der Waals surface area contributed by atoms with Gasteiger partial charge in [-0.15, -0.1) is 10.2 Å². The first-order chi connectivity index (χ1) is 19.5. The number of allylic oxidation sites excluding steroid dienone is 2. The molecule has 0 radical (unpaired) electrons. The molecule has 0 aliphatic heterocycles. The second-order valence-electron chi connectivity index (χ2n) is 16.8. The summed E-state index contributed by atoms with van der Waals surface area (Å²) in [6, 6.07) is 2.24. The lowest BCUT2D eigenvalue weighted by Crippen LogP contribution is -2.69. The van der Waals surface area contributed by atoms with Gasteiger partial charge in [-0.1, -0.05) is 54.5 Å². The van der Waals surface area contributed by atoms with Crippen LogP contribution in [0.4, 0.5) is 0 Å². The third-order valence-corrected chi connectivity index (χ3v) is 14.0. The van der Waals surface area contributed by atoms with E-state index in [1.54, 1.807) is 7.05 Å². The van der Waals surface area contributed by atoms with E-state index in [1.165, 1.54) is 11.2 Å². The number of hydrogen-bond acceptors (Lipinski definition) is 7. The number of nitrogens with one attached hydrogen (secondary N) is 1. The molecule has 228 valence electrons. The van der Waals surface area contributed by atoms with Crippen LogP contribution in [0.5, 0.6) is 0 Å². The van der Waals surface area contributed by atoms with Crippen LogP contribution in [0.15, 0.2) is 11.6 Å². The average molecular weight is 575 g/mol. The highest BCUT2D eigenvalue weighted by atomic mass is 16.1. The molecule has 5 aliphatic rings. The summed E-state index contributed by atoms with van der Waals surface area (Å²) >= 11 is 0. The van der Waals surface area contributed by atoms with E-state index in [1.807, 2.05) is 19.9 Å². The van der Waals surface area contributed by atoms with E-state index >= 15 is 0 Å². The monoisotopic (exact) mass is 574 g/mol. The summed E-state index contributed by atoms with van der Waals surface area (Å²) in [5.74, 6) is 1.71. The van der Waals surface area contributed by atoms with Gasteiger partial charge in [0.15, 0.2) is 11.6 Å². The lowest BCUT2D eigenvalue weighted by molar-refractivity contribution is -0.222. The number of Topliss-reactive ketones (excluding diaryl/α,β-unsaturated/α-hetero) is 2. The molecule has 8 atom stereocenters. The van der Waals surface area contributed by atoms with Crippen LogP contribution in [0.1, 0.15) is 106 Å². The third kappa shape index (κ3) is 3.97. The van der Waals surface area contributed by atoms with E-state index in [9.17, 15) is 14.9 Å². The highest BCUT2D eigenvalue weighted by Gasteiger charge is 2.72. The molecular weight excluding hydrogens is 524 g/mol. The quantitative estimate of drug-likeness (QED) is 0.498. The number of carbonyl (C=O) groups excluding carboxylic acids is 2. The van der Waals surface area contributed by atoms with Crippen molar-refractivity contribution < 1.29 is 9.59 Å². The van der Waals surface area contributed by atoms with Crippen LogP contribution in [0, 0.1) is 67.5 Å². The van der Waals surface area contributed by atoms with Crippen LogP contribution >= 0.6 is 0 Å². The van der Waals surface area contributed by atoms with Crippen molar-refractivity contribution in [3.8, 4) is 6.07 Å². The lowest BCUT2D eigenvalue weighted by Gasteiger charge is -2.72. The van der Waals surface area contributed by atoms with Gasteiger partial charge in [0, 0.05) is 24.3 Å². The Balaban J connectivity index is 1.37. The molecule has 42 heavy (non-hydrogen) atoms. The van der Waals surface area contributed by atoms with Crippen molar-refractivity contribution in [3.05, 3.63) is 17.5 Å². The lowest BCUT2D eigenvalue weighted by atomic mass is 9.31. The van der Waals surface area contributed by atoms with Crippen LogP contribution in [0.2, 0.25) is 0 Å². The zero-order valence-corrected chi connectivity index (χ0v) is 27.0. The maximum Gasteiger partial charge on any atom is 0.188 e. The summed E-state index contributed by atoms with van der Waals surface area (Å²) in [6.45, 7) is 17.5. The largest absolute Gasteiger partial charge is 0.309 e. The Morgan fingerprint density at radius 3 is 2.38 bits per heavy atom. The molecule has 1 heterocycles. The molecule has 0 saturated heterocycles. The Kier molecular flexibility index (Phi) is 6.57. The number of aryl methyl sites for hydroxylation is 1. The summed E-state index contributed by atoms with van der Waals surface area (Å²) in [7, 11) is 1.79. The topological polar surface area (TPSA) is 114 Å². The number of fused-ring (bicyclic) bond motifs is 7. The second-order valence-corrected chi connectivity index (χ2v) is 16.8. The minimum atomic E-state index is -0.602. The highest BCUT2D eigenvalue weighted by molar-refractivity contribution is 6.04. The number of ketones is 2. The zero-order valence-electron chi connectivity index (χ0n) is 27.0. The molecule has 4 fully saturated rings. The molecule has 6 rings (SSSR count). The standard InChI is InChI=1S/C34H50N6O2/c1-29(2)11-13-34(20-36-19-26-37-39-40(8)38-26)14-12-33(7)27(22(34)17-29)23(41)15-25-31(5)16-21(18-35)28(42)30(3,4)24(31)9-10-32(25,33)6/h16,22,24-25,27,36H,9-15,17,19-20H2,1-8H3/t22?,24-,25+,27?,31-,32+,33+,34+/m0/s1. The van der Waals surface area contributed by atoms with Crippen molar-refractivity contribution in [2.45, 2.75) is 106 Å². The minimum absolute atomic E-state index is 0.0290. The Labute approximate surface area is 251 Å². The van der Waals surface area contributed by atoms with Gasteiger partial charge in [-0.2, -0.15) is 10.1 Å². The molecule has 4 saturated carbocycles. The van der Waals surface area contributed by atoms with Crippen molar-refractivity contribution in [1.82, 2.24) is 25.5 Å². The molecular formula is C34H50N6O2. The summed E-state index contributed by atoms with van der Waals surface area (Å²) in [4.78, 5) is 29.6. The van der Waals surface area contributed by atoms with E-state index in [0.717, 1.165) is 45.1 Å². The van der Waals surface area contributed by atoms with Crippen molar-refractivity contribution >= 4 is 11.6 Å². The first kappa shape index (κ1) is 29.7. The molecule has 1 aromatic rings. The Hall–Kier alpha value is -2.40. The molecule has 0 spiro atoms. The van der Waals surface area contributed by atoms with E-state index in [4.69, 9.17) is 0 Å². The number of carbonyl (C=O) groups is 2. The molecule has 0 amide bonds. The Morgan fingerprint density at radius 2 is 1.71 bits per heavy atom. The molecule has 0 aromatic carbocycles. The number of nitriles is 1. The Bertz CT molecular complexity index is 1390. The van der Waals surface area contributed by atoms with Crippen LogP contribution in [0.25, 0.3) is 0 Å². The fraction of sp³-hybridized carbons (Fsp3) is 0.824. The van der Waals surface area contributed by atoms with E-state index < -0.39 is 5.41 Å². The van der Waals surface area contributed by atoms with Gasteiger partial charge in [0.2, 0.25) is 0 Å². The molecule has 8 heteroatoms. The first-order valence-electron chi connectivity index (χ1n) is 16.2. The number of tetrazole rings is 1. The van der Waals surface area contributed by atoms with Gasteiger partial charge in [-0.3, -0.25) is 9.59 Å². The fourth-order valence-electron chi connectivity index (χ4n) is 11.5. The van der Waals surface area contributed by atoms with E-state index in [0.29, 0.717) is 36.1 Å².